The van der Waals surface area contributed by atoms with Crippen LogP contribution in [0.2, 0.25) is 5.02 Å². The number of nitrogens with zero attached hydrogens (tertiary/aromatic N) is 1. The van der Waals surface area contributed by atoms with Crippen LogP contribution < -0.4 is 0 Å². The standard InChI is InChI=1S/C10H6ClFN2O2/c11-8-2-1-7-6(3-4-14(15)16)5-13-10(7)9(8)12/h1-5,13H. The van der Waals surface area contributed by atoms with E-state index >= 15 is 0 Å². The van der Waals surface area contributed by atoms with E-state index in [2.05, 4.69) is 4.98 Å². The van der Waals surface area contributed by atoms with Crippen LogP contribution in [0.3, 0.4) is 0 Å². The average Bonchev–Trinajstić information content (AvgIpc) is 2.64. The number of hydrogen-bond donors (Lipinski definition) is 1. The minimum Gasteiger partial charge on any atom is -0.358 e. The Labute approximate surface area is 94.5 Å². The first-order valence-corrected chi connectivity index (χ1v) is 4.74. The quantitative estimate of drug-likeness (QED) is 0.647. The van der Waals surface area contributed by atoms with E-state index in [0.717, 1.165) is 6.20 Å². The minimum atomic E-state index is -0.578. The van der Waals surface area contributed by atoms with Crippen molar-refractivity contribution >= 4 is 28.6 Å². The number of aromatic amines is 1. The van der Waals surface area contributed by atoms with Crippen LogP contribution in [0, 0.1) is 15.9 Å². The molecule has 1 aromatic heterocycles. The van der Waals surface area contributed by atoms with E-state index in [4.69, 9.17) is 11.6 Å². The summed E-state index contributed by atoms with van der Waals surface area (Å²) in [5.74, 6) is -0.556. The lowest BCUT2D eigenvalue weighted by molar-refractivity contribution is -0.400. The monoisotopic (exact) mass is 240 g/mol. The second kappa shape index (κ2) is 3.94. The average molecular weight is 241 g/mol. The third-order valence-corrected chi connectivity index (χ3v) is 2.45. The van der Waals surface area contributed by atoms with Gasteiger partial charge in [-0.15, -0.1) is 0 Å². The maximum atomic E-state index is 13.5. The lowest BCUT2D eigenvalue weighted by Gasteiger charge is -1.95. The zero-order valence-electron chi connectivity index (χ0n) is 7.91. The highest BCUT2D eigenvalue weighted by atomic mass is 35.5. The Bertz CT molecular complexity index is 592. The van der Waals surface area contributed by atoms with E-state index in [9.17, 15) is 14.5 Å². The predicted molar refractivity (Wildman–Crippen MR) is 59.3 cm³/mol. The third kappa shape index (κ3) is 1.77. The van der Waals surface area contributed by atoms with Crippen LogP contribution in [0.1, 0.15) is 5.56 Å². The van der Waals surface area contributed by atoms with Crippen molar-refractivity contribution in [2.75, 3.05) is 0 Å². The number of fused-ring (bicyclic) bond motifs is 1. The number of rotatable bonds is 2. The van der Waals surface area contributed by atoms with Crippen molar-refractivity contribution in [3.8, 4) is 0 Å². The molecule has 1 heterocycles. The number of halogens is 2. The van der Waals surface area contributed by atoms with Gasteiger partial charge in [0.2, 0.25) is 6.20 Å². The zero-order chi connectivity index (χ0) is 11.7. The summed E-state index contributed by atoms with van der Waals surface area (Å²) in [6.45, 7) is 0. The summed E-state index contributed by atoms with van der Waals surface area (Å²) < 4.78 is 13.5. The van der Waals surface area contributed by atoms with Crippen LogP contribution in [-0.4, -0.2) is 9.91 Å². The fraction of sp³-hybridized carbons (Fsp3) is 0. The van der Waals surface area contributed by atoms with Gasteiger partial charge in [0.05, 0.1) is 15.5 Å². The topological polar surface area (TPSA) is 58.9 Å². The predicted octanol–water partition coefficient (Wildman–Crippen LogP) is 3.21. The van der Waals surface area contributed by atoms with Crippen LogP contribution in [0.15, 0.2) is 24.5 Å². The van der Waals surface area contributed by atoms with Gasteiger partial charge in [-0.05, 0) is 6.07 Å². The molecule has 0 spiro atoms. The molecule has 6 heteroatoms. The number of nitrogens with one attached hydrogen (secondary N) is 1. The van der Waals surface area contributed by atoms with Crippen LogP contribution in [0.25, 0.3) is 17.0 Å². The minimum absolute atomic E-state index is 0.0131. The van der Waals surface area contributed by atoms with Crippen molar-refractivity contribution in [2.24, 2.45) is 0 Å². The van der Waals surface area contributed by atoms with Crippen LogP contribution in [0.5, 0.6) is 0 Å². The molecule has 16 heavy (non-hydrogen) atoms. The highest BCUT2D eigenvalue weighted by Crippen LogP contribution is 2.26. The van der Waals surface area contributed by atoms with Gasteiger partial charge in [0.15, 0.2) is 5.82 Å². The lowest BCUT2D eigenvalue weighted by atomic mass is 10.1. The Morgan fingerprint density at radius 1 is 1.50 bits per heavy atom. The molecule has 2 rings (SSSR count). The van der Waals surface area contributed by atoms with Gasteiger partial charge in [-0.1, -0.05) is 17.7 Å². The van der Waals surface area contributed by atoms with E-state index in [1.54, 1.807) is 6.07 Å². The molecule has 0 saturated heterocycles. The lowest BCUT2D eigenvalue weighted by Crippen LogP contribution is -1.82. The molecule has 0 atom stereocenters. The summed E-state index contributed by atoms with van der Waals surface area (Å²) in [5, 5.41) is 10.7. The molecule has 2 aromatic rings. The summed E-state index contributed by atoms with van der Waals surface area (Å²) >= 11 is 5.60. The number of aromatic nitrogens is 1. The van der Waals surface area contributed by atoms with Gasteiger partial charge in [-0.3, -0.25) is 10.1 Å². The van der Waals surface area contributed by atoms with Crippen molar-refractivity contribution in [1.29, 1.82) is 0 Å². The van der Waals surface area contributed by atoms with Gasteiger partial charge in [-0.25, -0.2) is 4.39 Å². The second-order valence-corrected chi connectivity index (χ2v) is 3.54. The molecule has 0 aliphatic heterocycles. The molecule has 82 valence electrons. The van der Waals surface area contributed by atoms with Gasteiger partial charge in [0.25, 0.3) is 0 Å². The molecule has 1 aromatic carbocycles. The number of hydrogen-bond acceptors (Lipinski definition) is 2. The van der Waals surface area contributed by atoms with Gasteiger partial charge < -0.3 is 4.98 Å². The molecule has 0 aliphatic carbocycles. The SMILES string of the molecule is O=[N+]([O-])C=Cc1c[nH]c2c(F)c(Cl)ccc12. The number of H-pyrrole nitrogens is 1. The summed E-state index contributed by atoms with van der Waals surface area (Å²) in [7, 11) is 0. The maximum absolute atomic E-state index is 13.5. The Hall–Kier alpha value is -1.88. The fourth-order valence-corrected chi connectivity index (χ4v) is 1.60. The smallest absolute Gasteiger partial charge is 0.235 e. The van der Waals surface area contributed by atoms with E-state index in [-0.39, 0.29) is 10.5 Å². The van der Waals surface area contributed by atoms with Crippen molar-refractivity contribution in [3.05, 3.63) is 51.0 Å². The number of benzene rings is 1. The molecule has 0 aliphatic rings. The van der Waals surface area contributed by atoms with Gasteiger partial charge in [-0.2, -0.15) is 0 Å². The van der Waals surface area contributed by atoms with E-state index in [0.29, 0.717) is 10.9 Å². The van der Waals surface area contributed by atoms with Crippen LogP contribution >= 0.6 is 11.6 Å². The van der Waals surface area contributed by atoms with Gasteiger partial charge in [0.1, 0.15) is 0 Å². The Kier molecular flexibility index (Phi) is 2.62. The van der Waals surface area contributed by atoms with Crippen molar-refractivity contribution < 1.29 is 9.31 Å². The van der Waals surface area contributed by atoms with Crippen molar-refractivity contribution in [3.63, 3.8) is 0 Å². The molecular weight excluding hydrogens is 235 g/mol. The van der Waals surface area contributed by atoms with Gasteiger partial charge >= 0.3 is 0 Å². The normalized spacial score (nSPS) is 11.4. The van der Waals surface area contributed by atoms with Crippen molar-refractivity contribution in [2.45, 2.75) is 0 Å². The molecule has 0 bridgehead atoms. The van der Waals surface area contributed by atoms with Crippen molar-refractivity contribution in [1.82, 2.24) is 4.98 Å². The fourth-order valence-electron chi connectivity index (χ4n) is 1.44. The van der Waals surface area contributed by atoms with Crippen LogP contribution in [0.4, 0.5) is 4.39 Å². The van der Waals surface area contributed by atoms with E-state index in [1.807, 2.05) is 0 Å². The summed E-state index contributed by atoms with van der Waals surface area (Å²) in [5.41, 5.74) is 0.790. The Morgan fingerprint density at radius 2 is 2.25 bits per heavy atom. The molecule has 0 amide bonds. The molecule has 4 nitrogen and oxygen atoms in total. The first-order chi connectivity index (χ1) is 7.59. The maximum Gasteiger partial charge on any atom is 0.235 e. The summed E-state index contributed by atoms with van der Waals surface area (Å²) in [6.07, 6.45) is 3.59. The zero-order valence-corrected chi connectivity index (χ0v) is 8.66. The molecule has 0 fully saturated rings. The first kappa shape index (κ1) is 10.6. The summed E-state index contributed by atoms with van der Waals surface area (Å²) in [6, 6.07) is 3.02. The van der Waals surface area contributed by atoms with Crippen LogP contribution in [-0.2, 0) is 0 Å². The molecule has 1 N–H and O–H groups in total. The van der Waals surface area contributed by atoms with E-state index in [1.165, 1.54) is 18.3 Å². The Balaban J connectivity index is 2.58. The molecular formula is C10H6ClFN2O2. The summed E-state index contributed by atoms with van der Waals surface area (Å²) in [4.78, 5) is 12.3. The van der Waals surface area contributed by atoms with E-state index < -0.39 is 10.7 Å². The first-order valence-electron chi connectivity index (χ1n) is 4.36. The Morgan fingerprint density at radius 3 is 2.94 bits per heavy atom. The molecule has 0 unspecified atom stereocenters. The number of nitro groups is 1. The largest absolute Gasteiger partial charge is 0.358 e. The molecule has 0 saturated carbocycles. The third-order valence-electron chi connectivity index (χ3n) is 2.15. The van der Waals surface area contributed by atoms with Gasteiger partial charge in [0, 0.05) is 23.2 Å². The highest BCUT2D eigenvalue weighted by Gasteiger charge is 2.09. The highest BCUT2D eigenvalue weighted by molar-refractivity contribution is 6.31. The molecule has 0 radical (unpaired) electrons. The second-order valence-electron chi connectivity index (χ2n) is 3.13.